The zero-order valence-electron chi connectivity index (χ0n) is 12.3. The van der Waals surface area contributed by atoms with Gasteiger partial charge < -0.3 is 14.6 Å². The zero-order valence-corrected chi connectivity index (χ0v) is 12.3. The van der Waals surface area contributed by atoms with Crippen molar-refractivity contribution in [3.8, 4) is 0 Å². The molecule has 0 saturated heterocycles. The molecule has 1 saturated carbocycles. The summed E-state index contributed by atoms with van der Waals surface area (Å²) in [7, 11) is 0. The van der Waals surface area contributed by atoms with Crippen LogP contribution in [0, 0.1) is 0 Å². The number of aromatic nitrogens is 1. The Balaban J connectivity index is 1.62. The monoisotopic (exact) mass is 272 g/mol. The molecule has 1 aliphatic rings. The van der Waals surface area contributed by atoms with E-state index in [9.17, 15) is 0 Å². The molecule has 20 heavy (non-hydrogen) atoms. The summed E-state index contributed by atoms with van der Waals surface area (Å²) in [5.41, 5.74) is 2.72. The van der Waals surface area contributed by atoms with Crippen molar-refractivity contribution in [3.05, 3.63) is 36.0 Å². The van der Waals surface area contributed by atoms with E-state index in [0.29, 0.717) is 0 Å². The third-order valence-corrected chi connectivity index (χ3v) is 3.90. The second-order valence-corrected chi connectivity index (χ2v) is 5.61. The number of fused-ring (bicyclic) bond motifs is 1. The molecule has 0 atom stereocenters. The van der Waals surface area contributed by atoms with E-state index >= 15 is 0 Å². The minimum Gasteiger partial charge on any atom is -0.382 e. The van der Waals surface area contributed by atoms with Gasteiger partial charge in [0.25, 0.3) is 0 Å². The maximum atomic E-state index is 5.40. The van der Waals surface area contributed by atoms with Crippen LogP contribution in [0.1, 0.15) is 31.7 Å². The van der Waals surface area contributed by atoms with Crippen molar-refractivity contribution < 1.29 is 4.74 Å². The summed E-state index contributed by atoms with van der Waals surface area (Å²) < 4.78 is 7.73. The smallest absolute Gasteiger partial charge is 0.0482 e. The molecular formula is C17H24N2O. The van der Waals surface area contributed by atoms with Crippen LogP contribution in [0.2, 0.25) is 0 Å². The molecule has 108 valence electrons. The van der Waals surface area contributed by atoms with E-state index in [4.69, 9.17) is 4.74 Å². The number of aryl methyl sites for hydroxylation is 1. The van der Waals surface area contributed by atoms with Gasteiger partial charge in [-0.3, -0.25) is 0 Å². The number of nitrogens with zero attached hydrogens (tertiary/aromatic N) is 1. The molecular weight excluding hydrogens is 248 g/mol. The standard InChI is InChI=1S/C17H24N2O/c1-2-20-11-3-9-19-10-8-15-12-14(4-7-17(15)19)13-18-16-5-6-16/h4,7-8,10,12,16,18H,2-3,5-6,9,11,13H2,1H3. The fourth-order valence-electron chi connectivity index (χ4n) is 2.59. The van der Waals surface area contributed by atoms with Crippen LogP contribution in [-0.4, -0.2) is 23.8 Å². The summed E-state index contributed by atoms with van der Waals surface area (Å²) in [6, 6.07) is 9.80. The van der Waals surface area contributed by atoms with Gasteiger partial charge >= 0.3 is 0 Å². The van der Waals surface area contributed by atoms with Gasteiger partial charge in [0.05, 0.1) is 0 Å². The average Bonchev–Trinajstić information content (AvgIpc) is 3.22. The molecule has 1 fully saturated rings. The van der Waals surface area contributed by atoms with Gasteiger partial charge in [-0.2, -0.15) is 0 Å². The van der Waals surface area contributed by atoms with E-state index in [1.807, 2.05) is 6.92 Å². The number of hydrogen-bond acceptors (Lipinski definition) is 2. The van der Waals surface area contributed by atoms with Gasteiger partial charge in [-0.05, 0) is 55.3 Å². The molecule has 3 rings (SSSR count). The Labute approximate surface area is 120 Å². The molecule has 2 aromatic rings. The molecule has 0 bridgehead atoms. The van der Waals surface area contributed by atoms with Crippen molar-refractivity contribution in [1.82, 2.24) is 9.88 Å². The van der Waals surface area contributed by atoms with Crippen LogP contribution in [0.25, 0.3) is 10.9 Å². The highest BCUT2D eigenvalue weighted by molar-refractivity contribution is 5.80. The molecule has 1 aliphatic carbocycles. The first-order valence-corrected chi connectivity index (χ1v) is 7.75. The second kappa shape index (κ2) is 6.42. The number of ether oxygens (including phenoxy) is 1. The van der Waals surface area contributed by atoms with E-state index in [-0.39, 0.29) is 0 Å². The third-order valence-electron chi connectivity index (χ3n) is 3.90. The van der Waals surface area contributed by atoms with Crippen molar-refractivity contribution >= 4 is 10.9 Å². The Morgan fingerprint density at radius 1 is 1.30 bits per heavy atom. The minimum absolute atomic E-state index is 0.772. The first-order chi connectivity index (χ1) is 9.86. The fourth-order valence-corrected chi connectivity index (χ4v) is 2.59. The summed E-state index contributed by atoms with van der Waals surface area (Å²) in [5.74, 6) is 0. The Kier molecular flexibility index (Phi) is 4.38. The first kappa shape index (κ1) is 13.7. The van der Waals surface area contributed by atoms with Crippen LogP contribution in [0.4, 0.5) is 0 Å². The topological polar surface area (TPSA) is 26.2 Å². The average molecular weight is 272 g/mol. The predicted molar refractivity (Wildman–Crippen MR) is 82.9 cm³/mol. The molecule has 1 heterocycles. The van der Waals surface area contributed by atoms with Crippen LogP contribution in [0.3, 0.4) is 0 Å². The summed E-state index contributed by atoms with van der Waals surface area (Å²) in [4.78, 5) is 0. The Bertz CT molecular complexity index is 557. The van der Waals surface area contributed by atoms with Gasteiger partial charge in [0.2, 0.25) is 0 Å². The highest BCUT2D eigenvalue weighted by atomic mass is 16.5. The molecule has 1 aromatic carbocycles. The lowest BCUT2D eigenvalue weighted by Gasteiger charge is -2.07. The van der Waals surface area contributed by atoms with Crippen LogP contribution in [0.15, 0.2) is 30.5 Å². The van der Waals surface area contributed by atoms with E-state index < -0.39 is 0 Å². The summed E-state index contributed by atoms with van der Waals surface area (Å²) in [5, 5.41) is 4.91. The van der Waals surface area contributed by atoms with Crippen molar-refractivity contribution in [2.45, 2.75) is 45.3 Å². The van der Waals surface area contributed by atoms with Gasteiger partial charge in [-0.25, -0.2) is 0 Å². The van der Waals surface area contributed by atoms with Gasteiger partial charge in [-0.15, -0.1) is 0 Å². The number of nitrogens with one attached hydrogen (secondary N) is 1. The van der Waals surface area contributed by atoms with Crippen LogP contribution >= 0.6 is 0 Å². The zero-order chi connectivity index (χ0) is 13.8. The predicted octanol–water partition coefficient (Wildman–Crippen LogP) is 3.32. The maximum Gasteiger partial charge on any atom is 0.0482 e. The lowest BCUT2D eigenvalue weighted by atomic mass is 10.1. The van der Waals surface area contributed by atoms with Gasteiger partial charge in [0.15, 0.2) is 0 Å². The molecule has 0 aliphatic heterocycles. The Hall–Kier alpha value is -1.32. The first-order valence-electron chi connectivity index (χ1n) is 7.75. The van der Waals surface area contributed by atoms with E-state index in [2.05, 4.69) is 40.3 Å². The van der Waals surface area contributed by atoms with Crippen molar-refractivity contribution in [1.29, 1.82) is 0 Å². The van der Waals surface area contributed by atoms with Crippen molar-refractivity contribution in [2.24, 2.45) is 0 Å². The van der Waals surface area contributed by atoms with Gasteiger partial charge in [0.1, 0.15) is 0 Å². The lowest BCUT2D eigenvalue weighted by molar-refractivity contribution is 0.142. The summed E-state index contributed by atoms with van der Waals surface area (Å²) in [6.07, 6.45) is 5.95. The van der Waals surface area contributed by atoms with E-state index in [0.717, 1.165) is 38.8 Å². The van der Waals surface area contributed by atoms with Crippen LogP contribution in [0.5, 0.6) is 0 Å². The minimum atomic E-state index is 0.772. The fraction of sp³-hybridized carbons (Fsp3) is 0.529. The number of rotatable bonds is 8. The summed E-state index contributed by atoms with van der Waals surface area (Å²) >= 11 is 0. The molecule has 3 nitrogen and oxygen atoms in total. The molecule has 1 aromatic heterocycles. The molecule has 0 unspecified atom stereocenters. The SMILES string of the molecule is CCOCCCn1ccc2cc(CNC3CC3)ccc21. The molecule has 1 N–H and O–H groups in total. The van der Waals surface area contributed by atoms with Crippen molar-refractivity contribution in [3.63, 3.8) is 0 Å². The van der Waals surface area contributed by atoms with E-state index in [1.54, 1.807) is 0 Å². The Morgan fingerprint density at radius 2 is 2.20 bits per heavy atom. The van der Waals surface area contributed by atoms with Crippen molar-refractivity contribution in [2.75, 3.05) is 13.2 Å². The number of hydrogen-bond donors (Lipinski definition) is 1. The maximum absolute atomic E-state index is 5.40. The largest absolute Gasteiger partial charge is 0.382 e. The third kappa shape index (κ3) is 3.41. The molecule has 0 amide bonds. The van der Waals surface area contributed by atoms with Crippen LogP contribution < -0.4 is 5.32 Å². The Morgan fingerprint density at radius 3 is 3.00 bits per heavy atom. The van der Waals surface area contributed by atoms with E-state index in [1.165, 1.54) is 29.3 Å². The quantitative estimate of drug-likeness (QED) is 0.746. The second-order valence-electron chi connectivity index (χ2n) is 5.61. The number of benzene rings is 1. The van der Waals surface area contributed by atoms with Gasteiger partial charge in [-0.1, -0.05) is 6.07 Å². The van der Waals surface area contributed by atoms with Gasteiger partial charge in [0, 0.05) is 44.1 Å². The highest BCUT2D eigenvalue weighted by Gasteiger charge is 2.19. The summed E-state index contributed by atoms with van der Waals surface area (Å²) in [6.45, 7) is 5.73. The molecule has 0 radical (unpaired) electrons. The molecule has 3 heteroatoms. The highest BCUT2D eigenvalue weighted by Crippen LogP contribution is 2.21. The molecule has 0 spiro atoms. The normalized spacial score (nSPS) is 15.1. The van der Waals surface area contributed by atoms with Crippen LogP contribution in [-0.2, 0) is 17.8 Å². The lowest BCUT2D eigenvalue weighted by Crippen LogP contribution is -2.15.